The maximum atomic E-state index is 2.43. The van der Waals surface area contributed by atoms with E-state index in [1.807, 2.05) is 0 Å². The highest BCUT2D eigenvalue weighted by atomic mass is 127. The van der Waals surface area contributed by atoms with Crippen LogP contribution in [-0.4, -0.2) is 4.57 Å². The Morgan fingerprint density at radius 1 is 0.607 bits per heavy atom. The van der Waals surface area contributed by atoms with E-state index >= 15 is 0 Å². The van der Waals surface area contributed by atoms with Gasteiger partial charge in [0, 0.05) is 34.5 Å². The molecule has 5 rings (SSSR count). The summed E-state index contributed by atoms with van der Waals surface area (Å²) in [7, 11) is 0. The molecule has 0 saturated heterocycles. The van der Waals surface area contributed by atoms with Crippen LogP contribution in [0.5, 0.6) is 0 Å². The van der Waals surface area contributed by atoms with Crippen molar-refractivity contribution in [1.29, 1.82) is 0 Å². The number of aromatic nitrogens is 2. The molecule has 0 spiro atoms. The molecule has 0 radical (unpaired) electrons. The molecule has 0 aliphatic heterocycles. The summed E-state index contributed by atoms with van der Waals surface area (Å²) in [5.74, 6) is 0. The van der Waals surface area contributed by atoms with Crippen molar-refractivity contribution in [3.05, 3.63) is 115 Å². The molecule has 0 aliphatic rings. The number of para-hydroxylation sites is 1. The van der Waals surface area contributed by atoms with Gasteiger partial charge in [0.15, 0.2) is 18.9 Å². The van der Waals surface area contributed by atoms with Gasteiger partial charge in [-0.15, -0.1) is 0 Å². The van der Waals surface area contributed by atoms with Crippen LogP contribution >= 0.6 is 0 Å². The first-order valence-electron chi connectivity index (χ1n) is 9.36. The first kappa shape index (κ1) is 18.7. The summed E-state index contributed by atoms with van der Waals surface area (Å²) in [6.45, 7) is 1.75. The van der Waals surface area contributed by atoms with Crippen LogP contribution in [0.4, 0.5) is 0 Å². The maximum absolute atomic E-state index is 2.43. The topological polar surface area (TPSA) is 8.81 Å². The summed E-state index contributed by atoms with van der Waals surface area (Å²) in [5, 5.41) is 2.63. The number of halogens is 1. The fraction of sp³-hybridized carbons (Fsp3) is 0.0800. The average Bonchev–Trinajstić information content (AvgIpc) is 3.03. The lowest BCUT2D eigenvalue weighted by atomic mass is 10.2. The fourth-order valence-corrected chi connectivity index (χ4v) is 3.86. The van der Waals surface area contributed by atoms with Crippen LogP contribution in [0.2, 0.25) is 0 Å². The van der Waals surface area contributed by atoms with E-state index in [0.717, 1.165) is 13.1 Å². The number of benzene rings is 3. The molecule has 3 aromatic carbocycles. The minimum atomic E-state index is 0. The van der Waals surface area contributed by atoms with Crippen LogP contribution in [-0.2, 0) is 13.1 Å². The molecule has 0 saturated carbocycles. The van der Waals surface area contributed by atoms with Gasteiger partial charge in [-0.3, -0.25) is 0 Å². The second kappa shape index (κ2) is 8.15. The monoisotopic (exact) mass is 476 g/mol. The normalized spacial score (nSPS) is 10.9. The van der Waals surface area contributed by atoms with Crippen molar-refractivity contribution in [2.45, 2.75) is 13.1 Å². The molecule has 2 nitrogen and oxygen atoms in total. The van der Waals surface area contributed by atoms with Gasteiger partial charge >= 0.3 is 0 Å². The summed E-state index contributed by atoms with van der Waals surface area (Å²) in [6, 6.07) is 32.2. The van der Waals surface area contributed by atoms with Crippen molar-refractivity contribution >= 4 is 21.8 Å². The molecule has 0 fully saturated rings. The molecule has 2 heterocycles. The molecule has 0 aliphatic carbocycles. The second-order valence-electron chi connectivity index (χ2n) is 6.99. The fourth-order valence-electron chi connectivity index (χ4n) is 3.86. The second-order valence-corrected chi connectivity index (χ2v) is 6.99. The zero-order chi connectivity index (χ0) is 18.1. The van der Waals surface area contributed by atoms with Gasteiger partial charge in [0.25, 0.3) is 0 Å². The van der Waals surface area contributed by atoms with E-state index in [9.17, 15) is 0 Å². The zero-order valence-corrected chi connectivity index (χ0v) is 17.7. The van der Waals surface area contributed by atoms with Gasteiger partial charge in [0.1, 0.15) is 5.52 Å². The predicted octanol–water partition coefficient (Wildman–Crippen LogP) is 2.18. The van der Waals surface area contributed by atoms with E-state index < -0.39 is 0 Å². The number of hydrogen-bond donors (Lipinski definition) is 0. The summed E-state index contributed by atoms with van der Waals surface area (Å²) >= 11 is 0. The summed E-state index contributed by atoms with van der Waals surface area (Å²) < 4.78 is 4.71. The molecule has 3 heteroatoms. The van der Waals surface area contributed by atoms with Crippen LogP contribution in [0, 0.1) is 0 Å². The Kier molecular flexibility index (Phi) is 5.44. The van der Waals surface area contributed by atoms with Gasteiger partial charge in [-0.25, -0.2) is 0 Å². The third-order valence-electron chi connectivity index (χ3n) is 5.16. The highest BCUT2D eigenvalue weighted by Crippen LogP contribution is 2.28. The Morgan fingerprint density at radius 3 is 1.96 bits per heavy atom. The van der Waals surface area contributed by atoms with Crippen LogP contribution in [0.15, 0.2) is 103 Å². The van der Waals surface area contributed by atoms with Crippen molar-refractivity contribution in [3.8, 4) is 0 Å². The molecular formula is C25H21IN2. The molecule has 0 unspecified atom stereocenters. The van der Waals surface area contributed by atoms with Gasteiger partial charge in [0.2, 0.25) is 0 Å². The Hall–Kier alpha value is -2.66. The van der Waals surface area contributed by atoms with E-state index in [0.29, 0.717) is 0 Å². The minimum Gasteiger partial charge on any atom is -1.00 e. The quantitative estimate of drug-likeness (QED) is 0.278. The molecule has 2 aromatic heterocycles. The summed E-state index contributed by atoms with van der Waals surface area (Å²) in [5.41, 5.74) is 5.19. The van der Waals surface area contributed by atoms with Crippen LogP contribution < -0.4 is 28.5 Å². The van der Waals surface area contributed by atoms with Crippen LogP contribution in [0.1, 0.15) is 11.1 Å². The number of nitrogens with zero attached hydrogens (tertiary/aromatic N) is 2. The smallest absolute Gasteiger partial charge is 0.193 e. The Bertz CT molecular complexity index is 1210. The van der Waals surface area contributed by atoms with Crippen LogP contribution in [0.3, 0.4) is 0 Å². The molecule has 0 amide bonds. The highest BCUT2D eigenvalue weighted by Gasteiger charge is 2.14. The van der Waals surface area contributed by atoms with E-state index in [1.54, 1.807) is 0 Å². The number of fused-ring (bicyclic) bond motifs is 3. The summed E-state index contributed by atoms with van der Waals surface area (Å²) in [6.07, 6.45) is 4.47. The lowest BCUT2D eigenvalue weighted by molar-refractivity contribution is -0.687. The lowest BCUT2D eigenvalue weighted by Gasteiger charge is -2.07. The van der Waals surface area contributed by atoms with Gasteiger partial charge in [-0.1, -0.05) is 78.9 Å². The third kappa shape index (κ3) is 3.54. The Labute approximate surface area is 182 Å². The molecule has 0 atom stereocenters. The standard InChI is InChI=1S/C25H21N2.HI/c1-3-9-20(10-4-1)17-26-16-15-23-22-13-7-8-14-24(22)27(25(23)19-26)18-21-11-5-2-6-12-21;/h1-16,19H,17-18H2;1H/q+1;/p-1. The van der Waals surface area contributed by atoms with Crippen molar-refractivity contribution in [2.24, 2.45) is 0 Å². The molecule has 0 bridgehead atoms. The largest absolute Gasteiger partial charge is 1.00 e. The van der Waals surface area contributed by atoms with Crippen molar-refractivity contribution in [3.63, 3.8) is 0 Å². The van der Waals surface area contributed by atoms with E-state index in [4.69, 9.17) is 0 Å². The van der Waals surface area contributed by atoms with Gasteiger partial charge in [-0.2, -0.15) is 4.57 Å². The molecular weight excluding hydrogens is 455 g/mol. The third-order valence-corrected chi connectivity index (χ3v) is 5.16. The molecule has 0 N–H and O–H groups in total. The van der Waals surface area contributed by atoms with Crippen molar-refractivity contribution in [2.75, 3.05) is 0 Å². The lowest BCUT2D eigenvalue weighted by Crippen LogP contribution is -3.00. The molecule has 138 valence electrons. The molecule has 28 heavy (non-hydrogen) atoms. The van der Waals surface area contributed by atoms with Crippen LogP contribution in [0.25, 0.3) is 21.8 Å². The van der Waals surface area contributed by atoms with Gasteiger partial charge < -0.3 is 28.5 Å². The van der Waals surface area contributed by atoms with E-state index in [1.165, 1.54) is 32.9 Å². The zero-order valence-electron chi connectivity index (χ0n) is 15.5. The minimum absolute atomic E-state index is 0. The number of pyridine rings is 1. The SMILES string of the molecule is [I-].c1ccc(Cn2c3ccccc3c3cc[n+](Cc4ccccc4)cc32)cc1. The maximum Gasteiger partial charge on any atom is 0.193 e. The van der Waals surface area contributed by atoms with Gasteiger partial charge in [0.05, 0.1) is 0 Å². The first-order chi connectivity index (χ1) is 13.4. The predicted molar refractivity (Wildman–Crippen MR) is 111 cm³/mol. The highest BCUT2D eigenvalue weighted by molar-refractivity contribution is 6.07. The van der Waals surface area contributed by atoms with E-state index in [-0.39, 0.29) is 24.0 Å². The molecule has 5 aromatic rings. The van der Waals surface area contributed by atoms with E-state index in [2.05, 4.69) is 113 Å². The Balaban J connectivity index is 0.00000192. The van der Waals surface area contributed by atoms with Gasteiger partial charge in [-0.05, 0) is 11.6 Å². The Morgan fingerprint density at radius 2 is 1.21 bits per heavy atom. The van der Waals surface area contributed by atoms with Crippen molar-refractivity contribution in [1.82, 2.24) is 4.57 Å². The number of hydrogen-bond acceptors (Lipinski definition) is 0. The summed E-state index contributed by atoms with van der Waals surface area (Å²) in [4.78, 5) is 0. The van der Waals surface area contributed by atoms with Crippen molar-refractivity contribution < 1.29 is 28.5 Å². The first-order valence-corrected chi connectivity index (χ1v) is 9.36. The average molecular weight is 476 g/mol. The number of rotatable bonds is 4.